The molecular formula is C29H42N4O8. The molecule has 5 aliphatic heterocycles. The third-order valence-electron chi connectivity index (χ3n) is 8.93. The van der Waals surface area contributed by atoms with Gasteiger partial charge in [-0.2, -0.15) is 0 Å². The number of nitrogens with one attached hydrogen (secondary N) is 1. The van der Waals surface area contributed by atoms with E-state index in [0.717, 1.165) is 13.1 Å². The van der Waals surface area contributed by atoms with Crippen LogP contribution in [0.25, 0.3) is 0 Å². The lowest BCUT2D eigenvalue weighted by Gasteiger charge is -2.39. The largest absolute Gasteiger partial charge is 0.460 e. The summed E-state index contributed by atoms with van der Waals surface area (Å²) in [4.78, 5) is 59.9. The van der Waals surface area contributed by atoms with Crippen molar-refractivity contribution in [2.75, 3.05) is 59.1 Å². The smallest absolute Gasteiger partial charge is 0.313 e. The fourth-order valence-electron chi connectivity index (χ4n) is 6.71. The van der Waals surface area contributed by atoms with Gasteiger partial charge in [-0.1, -0.05) is 31.2 Å². The predicted molar refractivity (Wildman–Crippen MR) is 146 cm³/mol. The molecule has 12 nitrogen and oxygen atoms in total. The highest BCUT2D eigenvalue weighted by Gasteiger charge is 2.74. The minimum Gasteiger partial charge on any atom is -0.460 e. The van der Waals surface area contributed by atoms with Gasteiger partial charge < -0.3 is 34.4 Å². The highest BCUT2D eigenvalue weighted by molar-refractivity contribution is 5.99. The minimum absolute atomic E-state index is 0.150. The fraction of sp³-hybridized carbons (Fsp3) is 0.724. The van der Waals surface area contributed by atoms with Gasteiger partial charge >= 0.3 is 5.97 Å². The molecule has 1 spiro atoms. The summed E-state index contributed by atoms with van der Waals surface area (Å²) in [6, 6.07) is -1.65. The molecule has 0 radical (unpaired) electrons. The van der Waals surface area contributed by atoms with E-state index in [1.165, 1.54) is 4.90 Å². The lowest BCUT2D eigenvalue weighted by molar-refractivity contribution is -0.159. The zero-order valence-electron chi connectivity index (χ0n) is 23.9. The Morgan fingerprint density at radius 3 is 2.63 bits per heavy atom. The molecule has 3 fully saturated rings. The van der Waals surface area contributed by atoms with Crippen LogP contribution in [0.5, 0.6) is 0 Å². The van der Waals surface area contributed by atoms with Crippen LogP contribution in [0.2, 0.25) is 0 Å². The van der Waals surface area contributed by atoms with E-state index >= 15 is 0 Å². The van der Waals surface area contributed by atoms with E-state index in [4.69, 9.17) is 14.2 Å². The van der Waals surface area contributed by atoms with Crippen LogP contribution in [0.1, 0.15) is 33.1 Å². The number of carbonyl (C=O) groups excluding carboxylic acids is 4. The molecule has 0 unspecified atom stereocenters. The molecule has 3 saturated heterocycles. The molecule has 0 aliphatic carbocycles. The van der Waals surface area contributed by atoms with Crippen molar-refractivity contribution in [3.8, 4) is 0 Å². The third kappa shape index (κ3) is 5.67. The topological polar surface area (TPSA) is 138 Å². The number of morpholine rings is 1. The Morgan fingerprint density at radius 2 is 1.90 bits per heavy atom. The first-order valence-electron chi connectivity index (χ1n) is 14.8. The van der Waals surface area contributed by atoms with Gasteiger partial charge in [0.15, 0.2) is 0 Å². The number of esters is 1. The maximum Gasteiger partial charge on any atom is 0.313 e. The molecule has 226 valence electrons. The number of cyclic esters (lactones) is 1. The predicted octanol–water partition coefficient (Wildman–Crippen LogP) is -0.533. The van der Waals surface area contributed by atoms with Crippen molar-refractivity contribution in [2.45, 2.75) is 63.0 Å². The molecule has 0 saturated carbocycles. The Labute approximate surface area is 240 Å². The van der Waals surface area contributed by atoms with Gasteiger partial charge in [-0.3, -0.25) is 24.1 Å². The molecule has 0 aromatic rings. The first-order chi connectivity index (χ1) is 19.8. The molecule has 3 amide bonds. The Bertz CT molecular complexity index is 1070. The van der Waals surface area contributed by atoms with E-state index in [0.29, 0.717) is 39.1 Å². The number of carbonyl (C=O) groups is 4. The van der Waals surface area contributed by atoms with Gasteiger partial charge in [-0.05, 0) is 19.8 Å². The monoisotopic (exact) mass is 574 g/mol. The average Bonchev–Trinajstić information content (AvgIpc) is 3.61. The zero-order valence-corrected chi connectivity index (χ0v) is 23.9. The fourth-order valence-corrected chi connectivity index (χ4v) is 6.71. The van der Waals surface area contributed by atoms with E-state index in [1.807, 2.05) is 19.1 Å². The van der Waals surface area contributed by atoms with Crippen LogP contribution < -0.4 is 5.32 Å². The molecule has 5 aliphatic rings. The van der Waals surface area contributed by atoms with Crippen molar-refractivity contribution in [1.82, 2.24) is 20.0 Å². The van der Waals surface area contributed by atoms with Crippen LogP contribution in [0.4, 0.5) is 0 Å². The van der Waals surface area contributed by atoms with Crippen LogP contribution in [0.15, 0.2) is 24.3 Å². The molecular weight excluding hydrogens is 532 g/mol. The number of ether oxygens (including phenoxy) is 3. The van der Waals surface area contributed by atoms with Gasteiger partial charge in [0.05, 0.1) is 44.4 Å². The summed E-state index contributed by atoms with van der Waals surface area (Å²) in [7, 11) is 0. The molecule has 41 heavy (non-hydrogen) atoms. The van der Waals surface area contributed by atoms with E-state index in [2.05, 4.69) is 10.2 Å². The van der Waals surface area contributed by atoms with Crippen molar-refractivity contribution < 1.29 is 38.5 Å². The molecule has 0 aromatic heterocycles. The number of rotatable bonds is 6. The van der Waals surface area contributed by atoms with Gasteiger partial charge in [0.2, 0.25) is 17.7 Å². The molecule has 5 bridgehead atoms. The van der Waals surface area contributed by atoms with Gasteiger partial charge in [0.25, 0.3) is 0 Å². The van der Waals surface area contributed by atoms with Crippen LogP contribution >= 0.6 is 0 Å². The number of aliphatic hydroxyl groups excluding tert-OH is 1. The molecule has 5 heterocycles. The lowest BCUT2D eigenvalue weighted by atomic mass is 9.74. The second-order valence-electron chi connectivity index (χ2n) is 11.5. The van der Waals surface area contributed by atoms with E-state index < -0.39 is 47.7 Å². The van der Waals surface area contributed by atoms with Crippen molar-refractivity contribution in [3.63, 3.8) is 0 Å². The molecule has 5 rings (SSSR count). The SMILES string of the molecule is CC[C@@H](CO)N1C(=O)[C@@H]2[C@H]3C(=O)O[C@@H](C)CNC(=O)CC/C=C\CN(CCN4CCOCC4)C(=O)[C@@H]1[C@]21C=C[C@H]3O1. The molecule has 12 heteroatoms. The van der Waals surface area contributed by atoms with Gasteiger partial charge in [-0.15, -0.1) is 0 Å². The zero-order chi connectivity index (χ0) is 29.1. The van der Waals surface area contributed by atoms with Crippen molar-refractivity contribution in [3.05, 3.63) is 24.3 Å². The standard InChI is InChI=1S/C29H42N4O8/c1-3-20(18-34)33-25-27(37)32(12-11-31-13-15-39-16-14-31)10-6-4-5-7-22(35)30-17-19(2)40-28(38)23-21-8-9-29(25,41-21)24(23)26(33)36/h4,6,8-9,19-21,23-25,34H,3,5,7,10-18H2,1-2H3,(H,30,35)/b6-4-/t19-,20-,21+,23-,24-,25+,29-/m0/s1. The summed E-state index contributed by atoms with van der Waals surface area (Å²) < 4.78 is 17.6. The maximum absolute atomic E-state index is 14.6. The molecule has 7 atom stereocenters. The van der Waals surface area contributed by atoms with Gasteiger partial charge in [0.1, 0.15) is 23.7 Å². The summed E-state index contributed by atoms with van der Waals surface area (Å²) in [6.07, 6.45) is 7.15. The third-order valence-corrected chi connectivity index (χ3v) is 8.93. The van der Waals surface area contributed by atoms with Crippen molar-refractivity contribution in [2.24, 2.45) is 11.8 Å². The van der Waals surface area contributed by atoms with Crippen molar-refractivity contribution >= 4 is 23.7 Å². The Kier molecular flexibility index (Phi) is 9.12. The average molecular weight is 575 g/mol. The molecule has 2 N–H and O–H groups in total. The number of aliphatic hydroxyl groups is 1. The highest BCUT2D eigenvalue weighted by atomic mass is 16.6. The first kappa shape index (κ1) is 29.7. The number of hydrogen-bond acceptors (Lipinski definition) is 9. The summed E-state index contributed by atoms with van der Waals surface area (Å²) >= 11 is 0. The number of nitrogens with zero attached hydrogens (tertiary/aromatic N) is 3. The van der Waals surface area contributed by atoms with Crippen LogP contribution in [-0.2, 0) is 33.4 Å². The Balaban J connectivity index is 1.51. The van der Waals surface area contributed by atoms with Crippen LogP contribution in [0.3, 0.4) is 0 Å². The second-order valence-corrected chi connectivity index (χ2v) is 11.5. The van der Waals surface area contributed by atoms with E-state index in [9.17, 15) is 24.3 Å². The number of likely N-dealkylation sites (tertiary alicyclic amines) is 1. The second kappa shape index (κ2) is 12.6. The summed E-state index contributed by atoms with van der Waals surface area (Å²) in [5.41, 5.74) is -1.34. The van der Waals surface area contributed by atoms with Gasteiger partial charge in [-0.25, -0.2) is 0 Å². The van der Waals surface area contributed by atoms with Crippen LogP contribution in [0, 0.1) is 11.8 Å². The minimum atomic E-state index is -1.34. The number of amides is 3. The number of hydrogen-bond donors (Lipinski definition) is 2. The Hall–Kier alpha value is -2.80. The van der Waals surface area contributed by atoms with E-state index in [-0.39, 0.29) is 43.8 Å². The molecule has 0 aromatic carbocycles. The highest BCUT2D eigenvalue weighted by Crippen LogP contribution is 2.56. The number of allylic oxidation sites excluding steroid dienone is 1. The van der Waals surface area contributed by atoms with Crippen molar-refractivity contribution in [1.29, 1.82) is 0 Å². The summed E-state index contributed by atoms with van der Waals surface area (Å²) in [6.45, 7) is 7.51. The Morgan fingerprint density at radius 1 is 1.12 bits per heavy atom. The maximum atomic E-state index is 14.6. The first-order valence-corrected chi connectivity index (χ1v) is 14.8. The van der Waals surface area contributed by atoms with Gasteiger partial charge in [0, 0.05) is 39.1 Å². The van der Waals surface area contributed by atoms with E-state index in [1.54, 1.807) is 24.0 Å². The number of fused-ring (bicyclic) bond motifs is 2. The normalized spacial score (nSPS) is 36.3. The summed E-state index contributed by atoms with van der Waals surface area (Å²) in [5, 5.41) is 13.1. The lowest BCUT2D eigenvalue weighted by Crippen LogP contribution is -2.59. The quantitative estimate of drug-likeness (QED) is 0.317. The summed E-state index contributed by atoms with van der Waals surface area (Å²) in [5.74, 6) is -3.31. The van der Waals surface area contributed by atoms with Crippen LogP contribution in [-0.4, -0.2) is 132 Å².